The van der Waals surface area contributed by atoms with E-state index in [9.17, 15) is 13.2 Å². The molecule has 1 aliphatic heterocycles. The lowest BCUT2D eigenvalue weighted by Crippen LogP contribution is -2.34. The second-order valence-corrected chi connectivity index (χ2v) is 8.53. The van der Waals surface area contributed by atoms with Crippen LogP contribution in [0.25, 0.3) is 0 Å². The van der Waals surface area contributed by atoms with Crippen molar-refractivity contribution in [3.05, 3.63) is 53.3 Å². The molecule has 0 saturated carbocycles. The smallest absolute Gasteiger partial charge is 0.254 e. The Bertz CT molecular complexity index is 828. The maximum Gasteiger partial charge on any atom is 0.254 e. The average molecular weight is 347 g/mol. The number of benzene rings is 1. The molecule has 6 nitrogen and oxygen atoms in total. The zero-order valence-corrected chi connectivity index (χ0v) is 14.4. The molecule has 1 aliphatic rings. The molecule has 1 unspecified atom stereocenters. The lowest BCUT2D eigenvalue weighted by atomic mass is 10.2. The van der Waals surface area contributed by atoms with Crippen LogP contribution in [0.5, 0.6) is 0 Å². The summed E-state index contributed by atoms with van der Waals surface area (Å²) in [7, 11) is -3.05. The Morgan fingerprint density at radius 3 is 2.75 bits per heavy atom. The Labute approximate surface area is 141 Å². The van der Waals surface area contributed by atoms with Gasteiger partial charge in [0, 0.05) is 12.2 Å². The highest BCUT2D eigenvalue weighted by atomic mass is 32.2. The minimum atomic E-state index is -3.05. The molecule has 1 aromatic heterocycles. The van der Waals surface area contributed by atoms with E-state index >= 15 is 0 Å². The van der Waals surface area contributed by atoms with Gasteiger partial charge in [-0.2, -0.15) is 5.10 Å². The number of amides is 1. The summed E-state index contributed by atoms with van der Waals surface area (Å²) < 4.78 is 25.4. The highest BCUT2D eigenvalue weighted by Gasteiger charge is 2.31. The second-order valence-electron chi connectivity index (χ2n) is 6.13. The Kier molecular flexibility index (Phi) is 4.71. The van der Waals surface area contributed by atoms with Crippen molar-refractivity contribution < 1.29 is 13.2 Å². The van der Waals surface area contributed by atoms with Gasteiger partial charge in [-0.3, -0.25) is 9.48 Å². The van der Waals surface area contributed by atoms with Crippen LogP contribution in [0.2, 0.25) is 0 Å². The van der Waals surface area contributed by atoms with E-state index in [2.05, 4.69) is 10.4 Å². The number of carbonyl (C=O) groups excluding carboxylic acids is 1. The number of carbonyl (C=O) groups is 1. The van der Waals surface area contributed by atoms with Gasteiger partial charge < -0.3 is 5.32 Å². The summed E-state index contributed by atoms with van der Waals surface area (Å²) in [5.74, 6) is -0.0457. The van der Waals surface area contributed by atoms with Gasteiger partial charge in [0.25, 0.3) is 5.91 Å². The van der Waals surface area contributed by atoms with Crippen LogP contribution in [0.15, 0.2) is 36.5 Å². The van der Waals surface area contributed by atoms with E-state index in [1.807, 2.05) is 37.3 Å². The van der Waals surface area contributed by atoms with Gasteiger partial charge >= 0.3 is 0 Å². The largest absolute Gasteiger partial charge is 0.351 e. The molecule has 2 heterocycles. The Morgan fingerprint density at radius 2 is 2.08 bits per heavy atom. The van der Waals surface area contributed by atoms with E-state index in [4.69, 9.17) is 0 Å². The second kappa shape index (κ2) is 6.76. The first-order valence-electron chi connectivity index (χ1n) is 8.03. The molecule has 0 aliphatic carbocycles. The van der Waals surface area contributed by atoms with Crippen molar-refractivity contribution in [3.8, 4) is 0 Å². The first-order valence-corrected chi connectivity index (χ1v) is 9.75. The van der Waals surface area contributed by atoms with Gasteiger partial charge in [-0.15, -0.1) is 0 Å². The number of rotatable bonds is 5. The van der Waals surface area contributed by atoms with Crippen LogP contribution in [0.1, 0.15) is 34.5 Å². The summed E-state index contributed by atoms with van der Waals surface area (Å²) in [5, 5.41) is 6.56. The maximum atomic E-state index is 12.3. The fraction of sp³-hybridized carbons (Fsp3) is 0.412. The first kappa shape index (κ1) is 16.7. The van der Waals surface area contributed by atoms with Gasteiger partial charge in [0.05, 0.1) is 29.3 Å². The summed E-state index contributed by atoms with van der Waals surface area (Å²) in [5.41, 5.74) is 2.36. The number of aromatic nitrogens is 2. The molecule has 7 heteroatoms. The topological polar surface area (TPSA) is 81.1 Å². The highest BCUT2D eigenvalue weighted by molar-refractivity contribution is 7.92. The fourth-order valence-corrected chi connectivity index (χ4v) is 4.74. The van der Waals surface area contributed by atoms with E-state index in [1.165, 1.54) is 6.20 Å². The predicted molar refractivity (Wildman–Crippen MR) is 91.7 cm³/mol. The maximum absolute atomic E-state index is 12.3. The molecule has 0 spiro atoms. The SMILES string of the molecule is Cc1c(C(=O)NCC2CCCS2(=O)=O)cnn1Cc1ccccc1. The molecular formula is C17H21N3O3S. The van der Waals surface area contributed by atoms with Crippen LogP contribution in [0, 0.1) is 6.92 Å². The molecular weight excluding hydrogens is 326 g/mol. The Balaban J connectivity index is 1.66. The third kappa shape index (κ3) is 3.51. The van der Waals surface area contributed by atoms with Crippen molar-refractivity contribution in [3.63, 3.8) is 0 Å². The average Bonchev–Trinajstić information content (AvgIpc) is 3.09. The van der Waals surface area contributed by atoms with Gasteiger partial charge in [-0.05, 0) is 25.3 Å². The van der Waals surface area contributed by atoms with Crippen LogP contribution < -0.4 is 5.32 Å². The van der Waals surface area contributed by atoms with Crippen LogP contribution in [-0.4, -0.2) is 41.7 Å². The summed E-state index contributed by atoms with van der Waals surface area (Å²) in [6.07, 6.45) is 2.84. The summed E-state index contributed by atoms with van der Waals surface area (Å²) >= 11 is 0. The van der Waals surface area contributed by atoms with Gasteiger partial charge in [-0.1, -0.05) is 30.3 Å². The summed E-state index contributed by atoms with van der Waals surface area (Å²) in [6.45, 7) is 2.61. The van der Waals surface area contributed by atoms with E-state index in [1.54, 1.807) is 4.68 Å². The van der Waals surface area contributed by atoms with Gasteiger partial charge in [-0.25, -0.2) is 8.42 Å². The minimum Gasteiger partial charge on any atom is -0.351 e. The number of nitrogens with one attached hydrogen (secondary N) is 1. The van der Waals surface area contributed by atoms with Crippen molar-refractivity contribution >= 4 is 15.7 Å². The molecule has 0 bridgehead atoms. The number of hydrogen-bond donors (Lipinski definition) is 1. The third-order valence-corrected chi connectivity index (χ3v) is 6.75. The predicted octanol–water partition coefficient (Wildman–Crippen LogP) is 1.55. The van der Waals surface area contributed by atoms with E-state index in [0.29, 0.717) is 24.9 Å². The monoisotopic (exact) mass is 347 g/mol. The molecule has 0 radical (unpaired) electrons. The van der Waals surface area contributed by atoms with Crippen LogP contribution in [-0.2, 0) is 16.4 Å². The Hall–Kier alpha value is -2.15. The van der Waals surface area contributed by atoms with Crippen LogP contribution in [0.4, 0.5) is 0 Å². The normalized spacial score (nSPS) is 19.3. The van der Waals surface area contributed by atoms with Crippen LogP contribution >= 0.6 is 0 Å². The summed E-state index contributed by atoms with van der Waals surface area (Å²) in [4.78, 5) is 12.3. The Morgan fingerprint density at radius 1 is 1.33 bits per heavy atom. The van der Waals surface area contributed by atoms with E-state index < -0.39 is 15.1 Å². The molecule has 1 N–H and O–H groups in total. The molecule has 24 heavy (non-hydrogen) atoms. The summed E-state index contributed by atoms with van der Waals surface area (Å²) in [6, 6.07) is 9.89. The quantitative estimate of drug-likeness (QED) is 0.890. The van der Waals surface area contributed by atoms with E-state index in [-0.39, 0.29) is 18.2 Å². The van der Waals surface area contributed by atoms with Gasteiger partial charge in [0.2, 0.25) is 0 Å². The van der Waals surface area contributed by atoms with Gasteiger partial charge in [0.15, 0.2) is 9.84 Å². The zero-order valence-electron chi connectivity index (χ0n) is 13.6. The number of hydrogen-bond acceptors (Lipinski definition) is 4. The first-order chi connectivity index (χ1) is 11.5. The van der Waals surface area contributed by atoms with Crippen molar-refractivity contribution in [2.75, 3.05) is 12.3 Å². The van der Waals surface area contributed by atoms with Crippen molar-refractivity contribution in [2.24, 2.45) is 0 Å². The molecule has 1 aromatic carbocycles. The zero-order chi connectivity index (χ0) is 17.2. The molecule has 1 fully saturated rings. The fourth-order valence-electron chi connectivity index (χ4n) is 2.97. The lowest BCUT2D eigenvalue weighted by Gasteiger charge is -2.11. The van der Waals surface area contributed by atoms with Crippen molar-refractivity contribution in [2.45, 2.75) is 31.6 Å². The molecule has 1 saturated heterocycles. The van der Waals surface area contributed by atoms with Crippen LogP contribution in [0.3, 0.4) is 0 Å². The minimum absolute atomic E-state index is 0.171. The molecule has 2 aromatic rings. The third-order valence-electron chi connectivity index (χ3n) is 4.48. The van der Waals surface area contributed by atoms with Gasteiger partial charge in [0.1, 0.15) is 0 Å². The lowest BCUT2D eigenvalue weighted by molar-refractivity contribution is 0.0953. The number of sulfone groups is 1. The van der Waals surface area contributed by atoms with E-state index in [0.717, 1.165) is 11.3 Å². The molecule has 1 atom stereocenters. The highest BCUT2D eigenvalue weighted by Crippen LogP contribution is 2.19. The molecule has 1 amide bonds. The standard InChI is InChI=1S/C17H21N3O3S/c1-13-16(11-19-20(13)12-14-6-3-2-4-7-14)17(21)18-10-15-8-5-9-24(15,22)23/h2-4,6-7,11,15H,5,8-10,12H2,1H3,(H,18,21). The van der Waals surface area contributed by atoms with Crippen molar-refractivity contribution in [1.29, 1.82) is 0 Å². The number of nitrogens with zero attached hydrogens (tertiary/aromatic N) is 2. The molecule has 128 valence electrons. The molecule has 3 rings (SSSR count). The van der Waals surface area contributed by atoms with Crippen molar-refractivity contribution in [1.82, 2.24) is 15.1 Å².